The third kappa shape index (κ3) is 3.75. The number of aromatic nitrogens is 1. The van der Waals surface area contributed by atoms with Crippen molar-refractivity contribution in [1.29, 1.82) is 0 Å². The highest BCUT2D eigenvalue weighted by Gasteiger charge is 2.25. The van der Waals surface area contributed by atoms with Gasteiger partial charge >= 0.3 is 0 Å². The highest BCUT2D eigenvalue weighted by molar-refractivity contribution is 8.00. The van der Waals surface area contributed by atoms with Crippen LogP contribution in [0.4, 0.5) is 11.5 Å². The minimum atomic E-state index is -0.180. The second-order valence-electron chi connectivity index (χ2n) is 5.87. The summed E-state index contributed by atoms with van der Waals surface area (Å²) in [6.45, 7) is 0. The van der Waals surface area contributed by atoms with Crippen LogP contribution in [0.15, 0.2) is 89.6 Å². The standard InChI is InChI=1S/C21H15N3O2S/c25-19-13-18(21(26)17-6-2-1-5-16(17)19)23-14-8-10-15(11-9-14)27-24-20-7-3-4-12-22-20/h1-13,23H,(H,22,24). The molecule has 1 aliphatic carbocycles. The molecule has 0 bridgehead atoms. The van der Waals surface area contributed by atoms with E-state index in [9.17, 15) is 9.59 Å². The molecule has 0 unspecified atom stereocenters. The number of Topliss-reactive ketones (excluding diaryl/α,β-unsaturated/α-hetero) is 1. The quantitative estimate of drug-likeness (QED) is 0.638. The number of pyridine rings is 1. The van der Waals surface area contributed by atoms with Gasteiger partial charge in [-0.3, -0.25) is 9.59 Å². The van der Waals surface area contributed by atoms with Crippen molar-refractivity contribution in [1.82, 2.24) is 4.98 Å². The van der Waals surface area contributed by atoms with E-state index in [-0.39, 0.29) is 17.3 Å². The summed E-state index contributed by atoms with van der Waals surface area (Å²) in [4.78, 5) is 30.0. The molecule has 0 radical (unpaired) electrons. The first-order valence-corrected chi connectivity index (χ1v) is 9.13. The Morgan fingerprint density at radius 2 is 1.56 bits per heavy atom. The predicted octanol–water partition coefficient (Wildman–Crippen LogP) is 4.58. The molecule has 3 aromatic rings. The van der Waals surface area contributed by atoms with Crippen molar-refractivity contribution < 1.29 is 9.59 Å². The van der Waals surface area contributed by atoms with E-state index in [1.807, 2.05) is 42.5 Å². The smallest absolute Gasteiger partial charge is 0.210 e. The second kappa shape index (κ2) is 7.47. The molecule has 1 aliphatic rings. The molecule has 0 atom stereocenters. The lowest BCUT2D eigenvalue weighted by Crippen LogP contribution is -2.21. The monoisotopic (exact) mass is 373 g/mol. The molecular formula is C21H15N3O2S. The van der Waals surface area contributed by atoms with Crippen molar-refractivity contribution >= 4 is 35.0 Å². The van der Waals surface area contributed by atoms with Crippen LogP contribution in [0.5, 0.6) is 0 Å². The van der Waals surface area contributed by atoms with E-state index in [0.29, 0.717) is 11.1 Å². The van der Waals surface area contributed by atoms with E-state index in [4.69, 9.17) is 0 Å². The molecule has 27 heavy (non-hydrogen) atoms. The summed E-state index contributed by atoms with van der Waals surface area (Å²) >= 11 is 1.44. The fourth-order valence-electron chi connectivity index (χ4n) is 2.70. The van der Waals surface area contributed by atoms with Gasteiger partial charge in [-0.1, -0.05) is 30.3 Å². The zero-order chi connectivity index (χ0) is 18.6. The Morgan fingerprint density at radius 3 is 2.30 bits per heavy atom. The second-order valence-corrected chi connectivity index (χ2v) is 6.75. The maximum atomic E-state index is 12.6. The predicted molar refractivity (Wildman–Crippen MR) is 107 cm³/mol. The number of hydrogen-bond acceptors (Lipinski definition) is 6. The topological polar surface area (TPSA) is 71.1 Å². The van der Waals surface area contributed by atoms with Crippen molar-refractivity contribution in [3.05, 3.63) is 95.8 Å². The fourth-order valence-corrected chi connectivity index (χ4v) is 3.32. The van der Waals surface area contributed by atoms with Crippen LogP contribution in [0.2, 0.25) is 0 Å². The normalized spacial score (nSPS) is 13.0. The van der Waals surface area contributed by atoms with Gasteiger partial charge in [-0.05, 0) is 48.3 Å². The van der Waals surface area contributed by atoms with Crippen LogP contribution < -0.4 is 10.0 Å². The number of nitrogens with zero attached hydrogens (tertiary/aromatic N) is 1. The van der Waals surface area contributed by atoms with E-state index in [1.54, 1.807) is 30.5 Å². The van der Waals surface area contributed by atoms with E-state index < -0.39 is 0 Å². The molecular weight excluding hydrogens is 358 g/mol. The Labute approximate surface area is 160 Å². The first-order valence-electron chi connectivity index (χ1n) is 8.31. The lowest BCUT2D eigenvalue weighted by molar-refractivity contribution is 0.0985. The average molecular weight is 373 g/mol. The number of rotatable bonds is 5. The summed E-state index contributed by atoms with van der Waals surface area (Å²) in [6.07, 6.45) is 3.08. The van der Waals surface area contributed by atoms with Gasteiger partial charge in [0.2, 0.25) is 5.78 Å². The number of ketones is 2. The molecule has 4 rings (SSSR count). The van der Waals surface area contributed by atoms with Crippen LogP contribution in [0, 0.1) is 0 Å². The largest absolute Gasteiger partial charge is 0.352 e. The Kier molecular flexibility index (Phi) is 4.72. The summed E-state index contributed by atoms with van der Waals surface area (Å²) in [5, 5.41) is 3.05. The SMILES string of the molecule is O=C1C=C(Nc2ccc(SNc3ccccn3)cc2)C(=O)c2ccccc21. The molecule has 0 amide bonds. The molecule has 1 aromatic heterocycles. The average Bonchev–Trinajstić information content (AvgIpc) is 2.72. The van der Waals surface area contributed by atoms with Crippen LogP contribution in [-0.4, -0.2) is 16.6 Å². The van der Waals surface area contributed by atoms with Crippen LogP contribution >= 0.6 is 11.9 Å². The molecule has 1 heterocycles. The number of fused-ring (bicyclic) bond motifs is 1. The van der Waals surface area contributed by atoms with Gasteiger partial charge in [0.25, 0.3) is 0 Å². The summed E-state index contributed by atoms with van der Waals surface area (Å²) in [6, 6.07) is 20.1. The lowest BCUT2D eigenvalue weighted by Gasteiger charge is -2.16. The number of hydrogen-bond donors (Lipinski definition) is 2. The Balaban J connectivity index is 1.44. The van der Waals surface area contributed by atoms with Gasteiger partial charge in [-0.2, -0.15) is 0 Å². The van der Waals surface area contributed by atoms with Crippen molar-refractivity contribution in [2.24, 2.45) is 0 Å². The maximum Gasteiger partial charge on any atom is 0.210 e. The molecule has 0 aliphatic heterocycles. The maximum absolute atomic E-state index is 12.6. The van der Waals surface area contributed by atoms with Gasteiger partial charge < -0.3 is 10.0 Å². The molecule has 0 spiro atoms. The summed E-state index contributed by atoms with van der Waals surface area (Å²) < 4.78 is 3.16. The summed E-state index contributed by atoms with van der Waals surface area (Å²) in [5.74, 6) is 0.430. The molecule has 5 nitrogen and oxygen atoms in total. The number of nitrogens with one attached hydrogen (secondary N) is 2. The third-order valence-electron chi connectivity index (χ3n) is 4.03. The van der Waals surface area contributed by atoms with Gasteiger partial charge in [-0.15, -0.1) is 0 Å². The number of anilines is 2. The van der Waals surface area contributed by atoms with Crippen molar-refractivity contribution in [2.75, 3.05) is 10.0 Å². The fraction of sp³-hybridized carbons (Fsp3) is 0. The van der Waals surface area contributed by atoms with E-state index >= 15 is 0 Å². The number of carbonyl (C=O) groups excluding carboxylic acids is 2. The van der Waals surface area contributed by atoms with E-state index in [0.717, 1.165) is 16.4 Å². The van der Waals surface area contributed by atoms with Gasteiger partial charge in [0.1, 0.15) is 5.82 Å². The van der Waals surface area contributed by atoms with Gasteiger partial charge in [0, 0.05) is 34.0 Å². The number of carbonyl (C=O) groups is 2. The summed E-state index contributed by atoms with van der Waals surface area (Å²) in [5.41, 5.74) is 1.90. The molecule has 2 aromatic carbocycles. The van der Waals surface area contributed by atoms with Crippen LogP contribution in [0.1, 0.15) is 20.7 Å². The van der Waals surface area contributed by atoms with Crippen LogP contribution in [0.3, 0.4) is 0 Å². The zero-order valence-corrected chi connectivity index (χ0v) is 15.0. The first-order chi connectivity index (χ1) is 13.2. The van der Waals surface area contributed by atoms with Gasteiger partial charge in [0.05, 0.1) is 5.70 Å². The highest BCUT2D eigenvalue weighted by Crippen LogP contribution is 2.25. The first kappa shape index (κ1) is 17.1. The van der Waals surface area contributed by atoms with E-state index in [1.165, 1.54) is 18.0 Å². The minimum Gasteiger partial charge on any atom is -0.352 e. The Hall–Kier alpha value is -3.38. The van der Waals surface area contributed by atoms with Crippen molar-refractivity contribution in [3.63, 3.8) is 0 Å². The van der Waals surface area contributed by atoms with Gasteiger partial charge in [-0.25, -0.2) is 4.98 Å². The Bertz CT molecular complexity index is 1030. The van der Waals surface area contributed by atoms with Crippen molar-refractivity contribution in [3.8, 4) is 0 Å². The Morgan fingerprint density at radius 1 is 0.815 bits per heavy atom. The number of allylic oxidation sites excluding steroid dienone is 2. The molecule has 0 saturated heterocycles. The molecule has 0 saturated carbocycles. The molecule has 0 fully saturated rings. The summed E-state index contributed by atoms with van der Waals surface area (Å²) in [7, 11) is 0. The van der Waals surface area contributed by atoms with Crippen molar-refractivity contribution in [2.45, 2.75) is 4.90 Å². The third-order valence-corrected chi connectivity index (χ3v) is 4.85. The zero-order valence-electron chi connectivity index (χ0n) is 14.2. The molecule has 132 valence electrons. The van der Waals surface area contributed by atoms with Crippen LogP contribution in [-0.2, 0) is 0 Å². The molecule has 2 N–H and O–H groups in total. The van der Waals surface area contributed by atoms with E-state index in [2.05, 4.69) is 15.0 Å². The number of benzene rings is 2. The highest BCUT2D eigenvalue weighted by atomic mass is 32.2. The van der Waals surface area contributed by atoms with Crippen LogP contribution in [0.25, 0.3) is 0 Å². The van der Waals surface area contributed by atoms with Gasteiger partial charge in [0.15, 0.2) is 5.78 Å². The lowest BCUT2D eigenvalue weighted by atomic mass is 9.92. The molecule has 6 heteroatoms. The minimum absolute atomic E-state index is 0.167.